The average Bonchev–Trinajstić information content (AvgIpc) is 2.96. The minimum atomic E-state index is -0.298. The van der Waals surface area contributed by atoms with Gasteiger partial charge in [0.25, 0.3) is 0 Å². The van der Waals surface area contributed by atoms with Crippen molar-refractivity contribution in [2.75, 3.05) is 0 Å². The second kappa shape index (κ2) is 6.96. The van der Waals surface area contributed by atoms with Gasteiger partial charge in [0.1, 0.15) is 29.7 Å². The minimum Gasteiger partial charge on any atom is -0.508 e. The lowest BCUT2D eigenvalue weighted by atomic mass is 10.1. The van der Waals surface area contributed by atoms with Crippen LogP contribution in [0.4, 0.5) is 4.39 Å². The molecule has 0 bridgehead atoms. The van der Waals surface area contributed by atoms with Crippen molar-refractivity contribution >= 4 is 11.9 Å². The van der Waals surface area contributed by atoms with E-state index in [1.165, 1.54) is 30.3 Å². The predicted molar refractivity (Wildman–Crippen MR) is 98.2 cm³/mol. The van der Waals surface area contributed by atoms with Crippen LogP contribution >= 0.6 is 0 Å². The standard InChI is InChI=1S/C22H15FO4/c23-16-3-1-2-15(10-16)13-26-18-7-4-14(5-8-18)11-21-22(25)19-9-6-17(24)12-20(19)27-21/h1-12,24H,13H2/b21-11-. The zero-order chi connectivity index (χ0) is 18.8. The molecule has 0 spiro atoms. The van der Waals surface area contributed by atoms with E-state index in [1.54, 1.807) is 42.5 Å². The third-order valence-corrected chi connectivity index (χ3v) is 4.13. The summed E-state index contributed by atoms with van der Waals surface area (Å²) in [5.74, 6) is 0.700. The number of Topliss-reactive ketones (excluding diaryl/α,β-unsaturated/α-hetero) is 1. The first-order valence-electron chi connectivity index (χ1n) is 8.33. The van der Waals surface area contributed by atoms with E-state index in [1.807, 2.05) is 0 Å². The molecule has 1 N–H and O–H groups in total. The van der Waals surface area contributed by atoms with Crippen LogP contribution in [-0.4, -0.2) is 10.9 Å². The number of hydrogen-bond donors (Lipinski definition) is 1. The van der Waals surface area contributed by atoms with Crippen molar-refractivity contribution in [3.63, 3.8) is 0 Å². The van der Waals surface area contributed by atoms with E-state index >= 15 is 0 Å². The number of hydrogen-bond acceptors (Lipinski definition) is 4. The first-order chi connectivity index (χ1) is 13.1. The Labute approximate surface area is 155 Å². The highest BCUT2D eigenvalue weighted by Crippen LogP contribution is 2.34. The summed E-state index contributed by atoms with van der Waals surface area (Å²) in [7, 11) is 0. The number of benzene rings is 3. The van der Waals surface area contributed by atoms with Gasteiger partial charge in [0.15, 0.2) is 5.76 Å². The fourth-order valence-corrected chi connectivity index (χ4v) is 2.78. The van der Waals surface area contributed by atoms with E-state index in [2.05, 4.69) is 0 Å². The molecule has 0 amide bonds. The molecule has 1 heterocycles. The van der Waals surface area contributed by atoms with Gasteiger partial charge in [-0.25, -0.2) is 4.39 Å². The van der Waals surface area contributed by atoms with Crippen molar-refractivity contribution in [3.05, 3.63) is 95.0 Å². The fraction of sp³-hybridized carbons (Fsp3) is 0.0455. The Bertz CT molecular complexity index is 1040. The molecule has 0 aromatic heterocycles. The summed E-state index contributed by atoms with van der Waals surface area (Å²) in [6.07, 6.45) is 1.63. The maximum absolute atomic E-state index is 13.2. The molecule has 0 saturated carbocycles. The van der Waals surface area contributed by atoms with E-state index in [4.69, 9.17) is 9.47 Å². The normalized spacial score (nSPS) is 14.1. The van der Waals surface area contributed by atoms with Crippen LogP contribution in [0, 0.1) is 5.82 Å². The molecule has 0 aliphatic carbocycles. The molecular formula is C22H15FO4. The molecule has 0 radical (unpaired) electrons. The number of ketones is 1. The van der Waals surface area contributed by atoms with Gasteiger partial charge in [-0.2, -0.15) is 0 Å². The molecule has 4 rings (SSSR count). The summed E-state index contributed by atoms with van der Waals surface area (Å²) in [5, 5.41) is 9.49. The second-order valence-electron chi connectivity index (χ2n) is 6.11. The van der Waals surface area contributed by atoms with Gasteiger partial charge in [-0.1, -0.05) is 24.3 Å². The predicted octanol–water partition coefficient (Wildman–Crippen LogP) is 4.73. The largest absolute Gasteiger partial charge is 0.508 e. The van der Waals surface area contributed by atoms with Gasteiger partial charge < -0.3 is 14.6 Å². The summed E-state index contributed by atoms with van der Waals surface area (Å²) >= 11 is 0. The molecule has 27 heavy (non-hydrogen) atoms. The lowest BCUT2D eigenvalue weighted by Gasteiger charge is -2.07. The Kier molecular flexibility index (Phi) is 4.34. The Morgan fingerprint density at radius 3 is 2.63 bits per heavy atom. The molecule has 134 valence electrons. The number of fused-ring (bicyclic) bond motifs is 1. The van der Waals surface area contributed by atoms with Crippen LogP contribution in [-0.2, 0) is 6.61 Å². The number of rotatable bonds is 4. The maximum atomic E-state index is 13.2. The number of phenolic OH excluding ortho intramolecular Hbond substituents is 1. The monoisotopic (exact) mass is 362 g/mol. The lowest BCUT2D eigenvalue weighted by Crippen LogP contribution is -1.98. The average molecular weight is 362 g/mol. The lowest BCUT2D eigenvalue weighted by molar-refractivity contribution is 0.101. The van der Waals surface area contributed by atoms with Crippen LogP contribution in [0.2, 0.25) is 0 Å². The second-order valence-corrected chi connectivity index (χ2v) is 6.11. The number of halogens is 1. The molecular weight excluding hydrogens is 347 g/mol. The third-order valence-electron chi connectivity index (χ3n) is 4.13. The summed E-state index contributed by atoms with van der Waals surface area (Å²) in [5.41, 5.74) is 1.94. The molecule has 0 atom stereocenters. The number of phenols is 1. The van der Waals surface area contributed by atoms with Gasteiger partial charge in [0, 0.05) is 6.07 Å². The van der Waals surface area contributed by atoms with E-state index in [-0.39, 0.29) is 29.7 Å². The SMILES string of the molecule is O=C1/C(=C/c2ccc(OCc3cccc(F)c3)cc2)Oc2cc(O)ccc21. The van der Waals surface area contributed by atoms with Gasteiger partial charge >= 0.3 is 0 Å². The molecule has 1 aliphatic heterocycles. The Balaban J connectivity index is 1.45. The van der Waals surface area contributed by atoms with Gasteiger partial charge in [-0.05, 0) is 53.6 Å². The van der Waals surface area contributed by atoms with E-state index in [0.29, 0.717) is 17.1 Å². The number of carbonyl (C=O) groups excluding carboxylic acids is 1. The number of ether oxygens (including phenoxy) is 2. The van der Waals surface area contributed by atoms with Gasteiger partial charge in [-0.15, -0.1) is 0 Å². The molecule has 0 unspecified atom stereocenters. The third kappa shape index (κ3) is 3.67. The Hall–Kier alpha value is -3.60. The van der Waals surface area contributed by atoms with Crippen molar-refractivity contribution < 1.29 is 23.8 Å². The highest BCUT2D eigenvalue weighted by Gasteiger charge is 2.27. The van der Waals surface area contributed by atoms with Crippen molar-refractivity contribution in [2.24, 2.45) is 0 Å². The zero-order valence-electron chi connectivity index (χ0n) is 14.2. The van der Waals surface area contributed by atoms with E-state index in [0.717, 1.165) is 11.1 Å². The van der Waals surface area contributed by atoms with Gasteiger partial charge in [-0.3, -0.25) is 4.79 Å². The highest BCUT2D eigenvalue weighted by atomic mass is 19.1. The van der Waals surface area contributed by atoms with Crippen LogP contribution in [0.1, 0.15) is 21.5 Å². The molecule has 1 aliphatic rings. The van der Waals surface area contributed by atoms with E-state index in [9.17, 15) is 14.3 Å². The fourth-order valence-electron chi connectivity index (χ4n) is 2.78. The van der Waals surface area contributed by atoms with Gasteiger partial charge in [0.2, 0.25) is 5.78 Å². The van der Waals surface area contributed by atoms with Crippen LogP contribution < -0.4 is 9.47 Å². The highest BCUT2D eigenvalue weighted by molar-refractivity contribution is 6.14. The number of carbonyl (C=O) groups is 1. The van der Waals surface area contributed by atoms with Crippen LogP contribution in [0.3, 0.4) is 0 Å². The minimum absolute atomic E-state index is 0.0441. The molecule has 0 fully saturated rings. The summed E-state index contributed by atoms with van der Waals surface area (Å²) in [4.78, 5) is 12.3. The van der Waals surface area contributed by atoms with Crippen LogP contribution in [0.15, 0.2) is 72.5 Å². The zero-order valence-corrected chi connectivity index (χ0v) is 14.2. The first kappa shape index (κ1) is 16.8. The molecule has 4 nitrogen and oxygen atoms in total. The van der Waals surface area contributed by atoms with Crippen molar-refractivity contribution in [1.29, 1.82) is 0 Å². The van der Waals surface area contributed by atoms with Crippen molar-refractivity contribution in [1.82, 2.24) is 0 Å². The van der Waals surface area contributed by atoms with Crippen molar-refractivity contribution in [2.45, 2.75) is 6.61 Å². The summed E-state index contributed by atoms with van der Waals surface area (Å²) in [6.45, 7) is 0.262. The summed E-state index contributed by atoms with van der Waals surface area (Å²) in [6, 6.07) is 17.8. The maximum Gasteiger partial charge on any atom is 0.231 e. The van der Waals surface area contributed by atoms with E-state index < -0.39 is 0 Å². The smallest absolute Gasteiger partial charge is 0.231 e. The number of aromatic hydroxyl groups is 1. The van der Waals surface area contributed by atoms with Crippen LogP contribution in [0.25, 0.3) is 6.08 Å². The molecule has 0 saturated heterocycles. The Morgan fingerprint density at radius 2 is 1.85 bits per heavy atom. The topological polar surface area (TPSA) is 55.8 Å². The molecule has 3 aromatic rings. The first-order valence-corrected chi connectivity index (χ1v) is 8.33. The Morgan fingerprint density at radius 1 is 1.04 bits per heavy atom. The quantitative estimate of drug-likeness (QED) is 0.682. The number of allylic oxidation sites excluding steroid dienone is 1. The van der Waals surface area contributed by atoms with Crippen molar-refractivity contribution in [3.8, 4) is 17.2 Å². The molecule has 3 aromatic carbocycles. The van der Waals surface area contributed by atoms with Crippen LogP contribution in [0.5, 0.6) is 17.2 Å². The summed E-state index contributed by atoms with van der Waals surface area (Å²) < 4.78 is 24.4. The van der Waals surface area contributed by atoms with Gasteiger partial charge in [0.05, 0.1) is 5.56 Å². The molecule has 5 heteroatoms.